The molecule has 0 spiro atoms. The summed E-state index contributed by atoms with van der Waals surface area (Å²) in [4.78, 5) is 25.0. The molecule has 1 aromatic heterocycles. The van der Waals surface area contributed by atoms with Crippen molar-refractivity contribution in [2.45, 2.75) is 44.8 Å². The smallest absolute Gasteiger partial charge is 0.330 e. The van der Waals surface area contributed by atoms with Crippen molar-refractivity contribution in [3.05, 3.63) is 33.1 Å². The van der Waals surface area contributed by atoms with Crippen molar-refractivity contribution in [1.29, 1.82) is 0 Å². The standard InChI is InChI=1S/C16H27N2O9P/c1-3-25-28(23,26-4-2)9-5-8-24-10-11-13(20)14(21)15(27-11)18-7-6-12(19)17-16(18)22/h6-7,11,13-15,20-21H,3-5,8-10H2,1-2H3,(H,17,19,22)/t11-,13-,14-,15-/m1/s1. The van der Waals surface area contributed by atoms with E-state index in [1.54, 1.807) is 13.8 Å². The summed E-state index contributed by atoms with van der Waals surface area (Å²) < 4.78 is 34.7. The maximum Gasteiger partial charge on any atom is 0.330 e. The molecule has 3 N–H and O–H groups in total. The van der Waals surface area contributed by atoms with Gasteiger partial charge in [0.05, 0.1) is 26.0 Å². The van der Waals surface area contributed by atoms with Crippen LogP contribution in [0.4, 0.5) is 0 Å². The predicted molar refractivity (Wildman–Crippen MR) is 98.4 cm³/mol. The highest BCUT2D eigenvalue weighted by Gasteiger charge is 2.44. The molecule has 0 radical (unpaired) electrons. The van der Waals surface area contributed by atoms with E-state index in [1.807, 2.05) is 0 Å². The number of aromatic nitrogens is 2. The molecule has 1 fully saturated rings. The summed E-state index contributed by atoms with van der Waals surface area (Å²) in [5.74, 6) is 0. The monoisotopic (exact) mass is 422 g/mol. The molecule has 12 heteroatoms. The summed E-state index contributed by atoms with van der Waals surface area (Å²) in [6.07, 6.45) is -2.88. The maximum atomic E-state index is 12.3. The Morgan fingerprint density at radius 1 is 1.21 bits per heavy atom. The van der Waals surface area contributed by atoms with Gasteiger partial charge in [-0.1, -0.05) is 0 Å². The number of hydrogen-bond donors (Lipinski definition) is 3. The molecule has 0 aromatic carbocycles. The van der Waals surface area contributed by atoms with Crippen LogP contribution in [-0.4, -0.2) is 70.7 Å². The van der Waals surface area contributed by atoms with Gasteiger partial charge in [-0.05, 0) is 20.3 Å². The molecule has 1 aromatic rings. The minimum absolute atomic E-state index is 0.0413. The van der Waals surface area contributed by atoms with Gasteiger partial charge in [-0.3, -0.25) is 18.9 Å². The highest BCUT2D eigenvalue weighted by Crippen LogP contribution is 2.48. The molecule has 1 saturated heterocycles. The lowest BCUT2D eigenvalue weighted by atomic mass is 10.1. The highest BCUT2D eigenvalue weighted by atomic mass is 31.2. The number of ether oxygens (including phenoxy) is 2. The van der Waals surface area contributed by atoms with E-state index in [1.165, 1.54) is 6.20 Å². The number of aliphatic hydroxyl groups excluding tert-OH is 2. The van der Waals surface area contributed by atoms with E-state index in [0.29, 0.717) is 6.42 Å². The van der Waals surface area contributed by atoms with Crippen molar-refractivity contribution in [3.63, 3.8) is 0 Å². The Labute approximate surface area is 161 Å². The number of aromatic amines is 1. The van der Waals surface area contributed by atoms with Crippen LogP contribution in [0.3, 0.4) is 0 Å². The Morgan fingerprint density at radius 3 is 2.50 bits per heavy atom. The molecule has 0 bridgehead atoms. The third kappa shape index (κ3) is 5.84. The van der Waals surface area contributed by atoms with E-state index in [-0.39, 0.29) is 32.6 Å². The first-order chi connectivity index (χ1) is 13.3. The van der Waals surface area contributed by atoms with E-state index < -0.39 is 43.4 Å². The van der Waals surface area contributed by atoms with Gasteiger partial charge >= 0.3 is 13.3 Å². The minimum atomic E-state index is -3.13. The first-order valence-electron chi connectivity index (χ1n) is 9.10. The zero-order valence-corrected chi connectivity index (χ0v) is 16.7. The normalized spacial score (nSPS) is 25.3. The van der Waals surface area contributed by atoms with E-state index in [9.17, 15) is 24.4 Å². The molecule has 0 saturated carbocycles. The third-order valence-electron chi connectivity index (χ3n) is 4.12. The topological polar surface area (TPSA) is 149 Å². The number of nitrogens with one attached hydrogen (secondary N) is 1. The quantitative estimate of drug-likeness (QED) is 0.326. The van der Waals surface area contributed by atoms with Crippen LogP contribution in [0.15, 0.2) is 21.9 Å². The largest absolute Gasteiger partial charge is 0.387 e. The van der Waals surface area contributed by atoms with Crippen LogP contribution in [0.1, 0.15) is 26.5 Å². The molecular weight excluding hydrogens is 395 g/mol. The molecule has 4 atom stereocenters. The minimum Gasteiger partial charge on any atom is -0.387 e. The average Bonchev–Trinajstić information content (AvgIpc) is 2.90. The Hall–Kier alpha value is -1.33. The van der Waals surface area contributed by atoms with Crippen molar-refractivity contribution >= 4 is 7.60 Å². The van der Waals surface area contributed by atoms with Gasteiger partial charge in [-0.25, -0.2) is 4.79 Å². The summed E-state index contributed by atoms with van der Waals surface area (Å²) in [7, 11) is -3.13. The summed E-state index contributed by atoms with van der Waals surface area (Å²) >= 11 is 0. The fourth-order valence-electron chi connectivity index (χ4n) is 2.84. The van der Waals surface area contributed by atoms with Crippen LogP contribution in [0.2, 0.25) is 0 Å². The van der Waals surface area contributed by atoms with Gasteiger partial charge in [-0.2, -0.15) is 0 Å². The molecule has 2 rings (SSSR count). The Morgan fingerprint density at radius 2 is 1.89 bits per heavy atom. The molecule has 0 aliphatic carbocycles. The number of aliphatic hydroxyl groups is 2. The molecule has 160 valence electrons. The van der Waals surface area contributed by atoms with Crippen LogP contribution >= 0.6 is 7.60 Å². The fourth-order valence-corrected chi connectivity index (χ4v) is 4.48. The molecule has 2 heterocycles. The van der Waals surface area contributed by atoms with Gasteiger partial charge in [-0.15, -0.1) is 0 Å². The van der Waals surface area contributed by atoms with Crippen LogP contribution in [0.5, 0.6) is 0 Å². The van der Waals surface area contributed by atoms with Gasteiger partial charge in [0.25, 0.3) is 5.56 Å². The van der Waals surface area contributed by atoms with Crippen LogP contribution < -0.4 is 11.2 Å². The van der Waals surface area contributed by atoms with Crippen molar-refractivity contribution < 1.29 is 33.3 Å². The lowest BCUT2D eigenvalue weighted by Crippen LogP contribution is -2.37. The Kier molecular flexibility index (Phi) is 8.56. The van der Waals surface area contributed by atoms with Crippen LogP contribution in [0.25, 0.3) is 0 Å². The van der Waals surface area contributed by atoms with Gasteiger partial charge in [0.1, 0.15) is 18.3 Å². The number of nitrogens with zero attached hydrogens (tertiary/aromatic N) is 1. The summed E-state index contributed by atoms with van der Waals surface area (Å²) in [5, 5.41) is 20.3. The molecule has 1 aliphatic rings. The molecular formula is C16H27N2O9P. The van der Waals surface area contributed by atoms with Gasteiger partial charge in [0.2, 0.25) is 0 Å². The highest BCUT2D eigenvalue weighted by molar-refractivity contribution is 7.53. The number of hydrogen-bond acceptors (Lipinski definition) is 9. The van der Waals surface area contributed by atoms with E-state index in [2.05, 4.69) is 4.98 Å². The van der Waals surface area contributed by atoms with Gasteiger partial charge in [0.15, 0.2) is 6.23 Å². The second kappa shape index (κ2) is 10.4. The van der Waals surface area contributed by atoms with Gasteiger partial charge in [0, 0.05) is 18.9 Å². The maximum absolute atomic E-state index is 12.3. The molecule has 0 amide bonds. The van der Waals surface area contributed by atoms with Gasteiger partial charge < -0.3 is 28.7 Å². The first kappa shape index (κ1) is 23.0. The van der Waals surface area contributed by atoms with E-state index in [0.717, 1.165) is 10.6 Å². The lowest BCUT2D eigenvalue weighted by Gasteiger charge is -2.18. The van der Waals surface area contributed by atoms with Crippen LogP contribution in [0, 0.1) is 0 Å². The zero-order chi connectivity index (χ0) is 20.7. The number of H-pyrrole nitrogens is 1. The Balaban J connectivity index is 1.84. The van der Waals surface area contributed by atoms with Crippen molar-refractivity contribution in [2.24, 2.45) is 0 Å². The molecule has 28 heavy (non-hydrogen) atoms. The Bertz CT molecular complexity index is 770. The van der Waals surface area contributed by atoms with E-state index in [4.69, 9.17) is 18.5 Å². The SMILES string of the molecule is CCOP(=O)(CCCOC[C@H]1O[C@@H](n2ccc(=O)[nH]c2=O)[C@H](O)[C@@H]1O)OCC. The second-order valence-electron chi connectivity index (χ2n) is 6.16. The number of rotatable bonds is 11. The zero-order valence-electron chi connectivity index (χ0n) is 15.9. The predicted octanol–water partition coefficient (Wildman–Crippen LogP) is -0.171. The third-order valence-corrected chi connectivity index (χ3v) is 6.28. The summed E-state index contributed by atoms with van der Waals surface area (Å²) in [5.41, 5.74) is -1.33. The van der Waals surface area contributed by atoms with Crippen molar-refractivity contribution in [1.82, 2.24) is 9.55 Å². The molecule has 11 nitrogen and oxygen atoms in total. The average molecular weight is 422 g/mol. The summed E-state index contributed by atoms with van der Waals surface area (Å²) in [6, 6.07) is 1.11. The van der Waals surface area contributed by atoms with Crippen molar-refractivity contribution in [2.75, 3.05) is 32.6 Å². The fraction of sp³-hybridized carbons (Fsp3) is 0.750. The molecule has 0 unspecified atom stereocenters. The summed E-state index contributed by atoms with van der Waals surface area (Å²) in [6.45, 7) is 4.20. The first-order valence-corrected chi connectivity index (χ1v) is 10.8. The van der Waals surface area contributed by atoms with Crippen LogP contribution in [-0.2, 0) is 23.1 Å². The van der Waals surface area contributed by atoms with Crippen molar-refractivity contribution in [3.8, 4) is 0 Å². The second-order valence-corrected chi connectivity index (χ2v) is 8.35. The lowest BCUT2D eigenvalue weighted by molar-refractivity contribution is -0.0682. The van der Waals surface area contributed by atoms with E-state index >= 15 is 0 Å². The molecule has 1 aliphatic heterocycles.